The number of nitrogens with zero attached hydrogens (tertiary/aromatic N) is 1. The molecular formula is C12H19N3O3S. The van der Waals surface area contributed by atoms with Crippen LogP contribution < -0.4 is 10.0 Å². The number of nitrogens with one attached hydrogen (secondary N) is 2. The number of hydrogen-bond acceptors (Lipinski definition) is 5. The molecule has 1 aromatic rings. The molecule has 2 heterocycles. The second-order valence-corrected chi connectivity index (χ2v) is 6.40. The highest BCUT2D eigenvalue weighted by molar-refractivity contribution is 7.89. The van der Waals surface area contributed by atoms with E-state index in [1.807, 2.05) is 12.1 Å². The van der Waals surface area contributed by atoms with Gasteiger partial charge in [0.1, 0.15) is 0 Å². The van der Waals surface area contributed by atoms with Crippen molar-refractivity contribution in [1.82, 2.24) is 15.0 Å². The van der Waals surface area contributed by atoms with E-state index in [0.717, 1.165) is 12.1 Å². The lowest BCUT2D eigenvalue weighted by atomic mass is 10.2. The maximum Gasteiger partial charge on any atom is 0.212 e. The molecule has 1 atom stereocenters. The van der Waals surface area contributed by atoms with Crippen LogP contribution in [-0.4, -0.2) is 51.5 Å². The van der Waals surface area contributed by atoms with Gasteiger partial charge in [-0.2, -0.15) is 0 Å². The molecule has 1 aliphatic heterocycles. The van der Waals surface area contributed by atoms with Gasteiger partial charge in [-0.3, -0.25) is 4.98 Å². The summed E-state index contributed by atoms with van der Waals surface area (Å²) in [4.78, 5) is 3.90. The molecule has 7 heteroatoms. The van der Waals surface area contributed by atoms with Crippen molar-refractivity contribution in [3.63, 3.8) is 0 Å². The predicted molar refractivity (Wildman–Crippen MR) is 72.3 cm³/mol. The molecule has 0 aliphatic carbocycles. The number of ether oxygens (including phenoxy) is 1. The normalized spacial score (nSPS) is 20.3. The average Bonchev–Trinajstić information content (AvgIpc) is 2.46. The van der Waals surface area contributed by atoms with Crippen molar-refractivity contribution in [1.29, 1.82) is 0 Å². The van der Waals surface area contributed by atoms with Gasteiger partial charge in [0.05, 0.1) is 18.5 Å². The summed E-state index contributed by atoms with van der Waals surface area (Å²) >= 11 is 0. The Morgan fingerprint density at radius 3 is 2.89 bits per heavy atom. The third-order valence-electron chi connectivity index (χ3n) is 2.94. The van der Waals surface area contributed by atoms with Crippen molar-refractivity contribution in [3.05, 3.63) is 30.1 Å². The minimum Gasteiger partial charge on any atom is -0.374 e. The predicted octanol–water partition coefficient (Wildman–Crippen LogP) is -0.468. The zero-order valence-corrected chi connectivity index (χ0v) is 11.5. The summed E-state index contributed by atoms with van der Waals surface area (Å²) in [5.41, 5.74) is 0.968. The van der Waals surface area contributed by atoms with Gasteiger partial charge in [0.25, 0.3) is 0 Å². The van der Waals surface area contributed by atoms with Crippen LogP contribution in [0.4, 0.5) is 0 Å². The standard InChI is InChI=1S/C12H19N3O3S/c16-19(17,8-3-11-1-4-13-5-2-11)15-10-12-9-14-6-7-18-12/h1-2,4-5,12,14-15H,3,6-10H2. The van der Waals surface area contributed by atoms with Crippen LogP contribution in [0.25, 0.3) is 0 Å². The van der Waals surface area contributed by atoms with Gasteiger partial charge in [-0.05, 0) is 24.1 Å². The van der Waals surface area contributed by atoms with Crippen LogP contribution in [-0.2, 0) is 21.2 Å². The van der Waals surface area contributed by atoms with Crippen molar-refractivity contribution in [3.8, 4) is 0 Å². The summed E-state index contributed by atoms with van der Waals surface area (Å²) in [5.74, 6) is 0.0805. The maximum absolute atomic E-state index is 11.8. The Labute approximate surface area is 113 Å². The highest BCUT2D eigenvalue weighted by Gasteiger charge is 2.17. The first-order valence-electron chi connectivity index (χ1n) is 6.34. The van der Waals surface area contributed by atoms with E-state index in [9.17, 15) is 8.42 Å². The smallest absolute Gasteiger partial charge is 0.212 e. The largest absolute Gasteiger partial charge is 0.374 e. The van der Waals surface area contributed by atoms with Crippen LogP contribution in [0.3, 0.4) is 0 Å². The highest BCUT2D eigenvalue weighted by Crippen LogP contribution is 2.01. The van der Waals surface area contributed by atoms with E-state index in [1.54, 1.807) is 12.4 Å². The van der Waals surface area contributed by atoms with Gasteiger partial charge in [0.2, 0.25) is 10.0 Å². The monoisotopic (exact) mass is 285 g/mol. The molecule has 6 nitrogen and oxygen atoms in total. The van der Waals surface area contributed by atoms with E-state index in [4.69, 9.17) is 4.74 Å². The molecule has 2 rings (SSSR count). The zero-order valence-electron chi connectivity index (χ0n) is 10.7. The molecule has 1 saturated heterocycles. The Morgan fingerprint density at radius 1 is 1.42 bits per heavy atom. The molecular weight excluding hydrogens is 266 g/mol. The fourth-order valence-electron chi connectivity index (χ4n) is 1.84. The third-order valence-corrected chi connectivity index (χ3v) is 4.29. The molecule has 0 amide bonds. The molecule has 0 bridgehead atoms. The Morgan fingerprint density at radius 2 is 2.21 bits per heavy atom. The Balaban J connectivity index is 1.75. The number of morpholine rings is 1. The highest BCUT2D eigenvalue weighted by atomic mass is 32.2. The van der Waals surface area contributed by atoms with Gasteiger partial charge in [0, 0.05) is 32.0 Å². The fourth-order valence-corrected chi connectivity index (χ4v) is 2.93. The van der Waals surface area contributed by atoms with E-state index in [0.29, 0.717) is 26.1 Å². The van der Waals surface area contributed by atoms with Crippen LogP contribution >= 0.6 is 0 Å². The van der Waals surface area contributed by atoms with Crippen molar-refractivity contribution in [2.24, 2.45) is 0 Å². The zero-order chi connectivity index (χ0) is 13.6. The first-order chi connectivity index (χ1) is 9.16. The van der Waals surface area contributed by atoms with Crippen LogP contribution in [0.1, 0.15) is 5.56 Å². The molecule has 106 valence electrons. The maximum atomic E-state index is 11.8. The molecule has 1 aromatic heterocycles. The van der Waals surface area contributed by atoms with Gasteiger partial charge in [-0.25, -0.2) is 13.1 Å². The lowest BCUT2D eigenvalue weighted by Crippen LogP contribution is -2.45. The summed E-state index contributed by atoms with van der Waals surface area (Å²) in [7, 11) is -3.26. The molecule has 0 radical (unpaired) electrons. The summed E-state index contributed by atoms with van der Waals surface area (Å²) in [6.45, 7) is 2.47. The number of pyridine rings is 1. The molecule has 0 spiro atoms. The number of aromatic nitrogens is 1. The molecule has 1 fully saturated rings. The van der Waals surface area contributed by atoms with Crippen molar-refractivity contribution < 1.29 is 13.2 Å². The lowest BCUT2D eigenvalue weighted by Gasteiger charge is -2.23. The summed E-state index contributed by atoms with van der Waals surface area (Å²) in [6.07, 6.45) is 3.74. The van der Waals surface area contributed by atoms with E-state index >= 15 is 0 Å². The summed E-state index contributed by atoms with van der Waals surface area (Å²) in [6, 6.07) is 3.65. The number of aryl methyl sites for hydroxylation is 1. The van der Waals surface area contributed by atoms with Gasteiger partial charge in [-0.15, -0.1) is 0 Å². The first kappa shape index (κ1) is 14.4. The van der Waals surface area contributed by atoms with Gasteiger partial charge >= 0.3 is 0 Å². The second kappa shape index (κ2) is 6.95. The Kier molecular flexibility index (Phi) is 5.26. The fraction of sp³-hybridized carbons (Fsp3) is 0.583. The van der Waals surface area contributed by atoms with Crippen LogP contribution in [0.15, 0.2) is 24.5 Å². The average molecular weight is 285 g/mol. The minimum absolute atomic E-state index is 0.0792. The number of sulfonamides is 1. The van der Waals surface area contributed by atoms with Crippen LogP contribution in [0, 0.1) is 0 Å². The van der Waals surface area contributed by atoms with Crippen LogP contribution in [0.5, 0.6) is 0 Å². The first-order valence-corrected chi connectivity index (χ1v) is 7.99. The Bertz CT molecular complexity index is 472. The topological polar surface area (TPSA) is 80.3 Å². The summed E-state index contributed by atoms with van der Waals surface area (Å²) in [5, 5.41) is 3.16. The lowest BCUT2D eigenvalue weighted by molar-refractivity contribution is 0.0324. The molecule has 19 heavy (non-hydrogen) atoms. The van der Waals surface area contributed by atoms with Crippen molar-refractivity contribution in [2.75, 3.05) is 32.0 Å². The molecule has 1 unspecified atom stereocenters. The van der Waals surface area contributed by atoms with Gasteiger partial charge in [0.15, 0.2) is 0 Å². The van der Waals surface area contributed by atoms with E-state index in [2.05, 4.69) is 15.0 Å². The van der Waals surface area contributed by atoms with E-state index in [1.165, 1.54) is 0 Å². The summed E-state index contributed by atoms with van der Waals surface area (Å²) < 4.78 is 31.7. The third kappa shape index (κ3) is 5.23. The van der Waals surface area contributed by atoms with E-state index in [-0.39, 0.29) is 11.9 Å². The number of hydrogen-bond donors (Lipinski definition) is 2. The second-order valence-electron chi connectivity index (χ2n) is 4.47. The molecule has 1 aliphatic rings. The number of rotatable bonds is 6. The van der Waals surface area contributed by atoms with Crippen molar-refractivity contribution >= 4 is 10.0 Å². The van der Waals surface area contributed by atoms with Crippen LogP contribution in [0.2, 0.25) is 0 Å². The van der Waals surface area contributed by atoms with Crippen molar-refractivity contribution in [2.45, 2.75) is 12.5 Å². The molecule has 0 saturated carbocycles. The molecule has 0 aromatic carbocycles. The molecule has 2 N–H and O–H groups in total. The Hall–Kier alpha value is -1.02. The van der Waals surface area contributed by atoms with Gasteiger partial charge < -0.3 is 10.1 Å². The minimum atomic E-state index is -3.26. The quantitative estimate of drug-likeness (QED) is 0.739. The van der Waals surface area contributed by atoms with Gasteiger partial charge in [-0.1, -0.05) is 0 Å². The van der Waals surface area contributed by atoms with E-state index < -0.39 is 10.0 Å². The SMILES string of the molecule is O=S(=O)(CCc1ccncc1)NCC1CNCCO1.